The highest BCUT2D eigenvalue weighted by atomic mass is 79.9. The van der Waals surface area contributed by atoms with Gasteiger partial charge in [0.15, 0.2) is 0 Å². The summed E-state index contributed by atoms with van der Waals surface area (Å²) >= 11 is 3.38. The van der Waals surface area contributed by atoms with Gasteiger partial charge >= 0.3 is 6.18 Å². The average Bonchev–Trinajstić information content (AvgIpc) is 2.41. The molecule has 1 aromatic carbocycles. The average molecular weight is 360 g/mol. The molecule has 0 saturated heterocycles. The normalized spacial score (nSPS) is 11.3. The Hall–Kier alpha value is -1.76. The summed E-state index contributed by atoms with van der Waals surface area (Å²) in [6.45, 7) is 1.93. The van der Waals surface area contributed by atoms with Gasteiger partial charge in [-0.3, -0.25) is 0 Å². The lowest BCUT2D eigenvalue weighted by molar-refractivity contribution is -0.137. The van der Waals surface area contributed by atoms with E-state index in [0.29, 0.717) is 5.69 Å². The van der Waals surface area contributed by atoms with Crippen molar-refractivity contribution in [3.8, 4) is 0 Å². The van der Waals surface area contributed by atoms with E-state index in [0.717, 1.165) is 22.2 Å². The second kappa shape index (κ2) is 5.93. The summed E-state index contributed by atoms with van der Waals surface area (Å²) in [5.41, 5.74) is 0.936. The van der Waals surface area contributed by atoms with Crippen LogP contribution >= 0.6 is 15.9 Å². The summed E-state index contributed by atoms with van der Waals surface area (Å²) < 4.78 is 39.4. The molecular formula is C14H13BrF3N3. The maximum atomic E-state index is 12.8. The highest BCUT2D eigenvalue weighted by Gasteiger charge is 2.31. The molecule has 0 aliphatic heterocycles. The van der Waals surface area contributed by atoms with Crippen molar-refractivity contribution < 1.29 is 13.2 Å². The largest absolute Gasteiger partial charge is 0.416 e. The number of pyridine rings is 1. The first-order chi connectivity index (χ1) is 9.79. The Morgan fingerprint density at radius 2 is 1.76 bits per heavy atom. The fourth-order valence-electron chi connectivity index (χ4n) is 1.70. The Morgan fingerprint density at radius 3 is 2.33 bits per heavy atom. The number of alkyl halides is 3. The van der Waals surface area contributed by atoms with Crippen molar-refractivity contribution in [1.82, 2.24) is 4.98 Å². The van der Waals surface area contributed by atoms with Crippen molar-refractivity contribution in [2.75, 3.05) is 17.7 Å². The molecule has 0 unspecified atom stereocenters. The van der Waals surface area contributed by atoms with E-state index in [4.69, 9.17) is 0 Å². The number of hydrogen-bond donors (Lipinski definition) is 2. The van der Waals surface area contributed by atoms with Gasteiger partial charge < -0.3 is 10.6 Å². The van der Waals surface area contributed by atoms with Crippen LogP contribution < -0.4 is 10.6 Å². The van der Waals surface area contributed by atoms with Crippen LogP contribution in [0.2, 0.25) is 0 Å². The molecule has 0 aliphatic carbocycles. The number of hydrogen-bond acceptors (Lipinski definition) is 3. The number of nitrogens with one attached hydrogen (secondary N) is 2. The van der Waals surface area contributed by atoms with Crippen molar-refractivity contribution in [1.29, 1.82) is 0 Å². The molecule has 1 heterocycles. The number of benzene rings is 1. The molecule has 0 spiro atoms. The quantitative estimate of drug-likeness (QED) is 0.813. The fraction of sp³-hybridized carbons (Fsp3) is 0.214. The van der Waals surface area contributed by atoms with Gasteiger partial charge in [-0.1, -0.05) is 22.0 Å². The number of nitrogens with zero attached hydrogens (tertiary/aromatic N) is 1. The Bertz CT molecular complexity index is 656. The molecule has 7 heteroatoms. The highest BCUT2D eigenvalue weighted by molar-refractivity contribution is 9.10. The molecule has 1 aromatic heterocycles. The number of anilines is 3. The highest BCUT2D eigenvalue weighted by Crippen LogP contribution is 2.33. The van der Waals surface area contributed by atoms with Crippen molar-refractivity contribution in [2.45, 2.75) is 13.1 Å². The maximum absolute atomic E-state index is 12.8. The number of halogens is 4. The molecule has 21 heavy (non-hydrogen) atoms. The SMILES string of the molecule is CNc1cc(C(F)(F)F)cc(Nc2ccc(C)c(Br)c2)n1. The van der Waals surface area contributed by atoms with Crippen LogP contribution in [0.5, 0.6) is 0 Å². The first-order valence-electron chi connectivity index (χ1n) is 6.10. The van der Waals surface area contributed by atoms with Crippen molar-refractivity contribution >= 4 is 33.3 Å². The van der Waals surface area contributed by atoms with E-state index >= 15 is 0 Å². The molecule has 0 radical (unpaired) electrons. The summed E-state index contributed by atoms with van der Waals surface area (Å²) in [6, 6.07) is 7.38. The standard InChI is InChI=1S/C14H13BrF3N3/c1-8-3-4-10(7-11(8)15)20-13-6-9(14(16,17)18)5-12(19-2)21-13/h3-7H,1-2H3,(H2,19,20,21). The third kappa shape index (κ3) is 3.87. The zero-order valence-electron chi connectivity index (χ0n) is 11.3. The van der Waals surface area contributed by atoms with Gasteiger partial charge in [0.25, 0.3) is 0 Å². The van der Waals surface area contributed by atoms with Crippen LogP contribution in [0.25, 0.3) is 0 Å². The molecule has 2 aromatic rings. The molecule has 2 rings (SSSR count). The molecule has 0 atom stereocenters. The predicted octanol–water partition coefficient (Wildman–Crippen LogP) is 4.96. The van der Waals surface area contributed by atoms with E-state index in [1.165, 1.54) is 7.05 Å². The van der Waals surface area contributed by atoms with Gasteiger partial charge in [0.05, 0.1) is 5.56 Å². The molecular weight excluding hydrogens is 347 g/mol. The van der Waals surface area contributed by atoms with Crippen molar-refractivity contribution in [2.24, 2.45) is 0 Å². The van der Waals surface area contributed by atoms with E-state index in [1.54, 1.807) is 12.1 Å². The van der Waals surface area contributed by atoms with Gasteiger partial charge in [0.1, 0.15) is 11.6 Å². The Balaban J connectivity index is 2.36. The Kier molecular flexibility index (Phi) is 4.41. The van der Waals surface area contributed by atoms with Crippen LogP contribution in [0.3, 0.4) is 0 Å². The van der Waals surface area contributed by atoms with E-state index in [9.17, 15) is 13.2 Å². The third-order valence-electron chi connectivity index (χ3n) is 2.85. The van der Waals surface area contributed by atoms with Crippen LogP contribution in [0.1, 0.15) is 11.1 Å². The van der Waals surface area contributed by atoms with Crippen molar-refractivity contribution in [3.63, 3.8) is 0 Å². The topological polar surface area (TPSA) is 37.0 Å². The van der Waals surface area contributed by atoms with Gasteiger partial charge in [-0.15, -0.1) is 0 Å². The van der Waals surface area contributed by atoms with Crippen molar-refractivity contribution in [3.05, 3.63) is 45.9 Å². The van der Waals surface area contributed by atoms with Gasteiger partial charge in [-0.25, -0.2) is 4.98 Å². The third-order valence-corrected chi connectivity index (χ3v) is 3.71. The minimum absolute atomic E-state index is 0.130. The summed E-state index contributed by atoms with van der Waals surface area (Å²) in [7, 11) is 1.52. The van der Waals surface area contributed by atoms with E-state index in [-0.39, 0.29) is 11.6 Å². The second-order valence-electron chi connectivity index (χ2n) is 4.46. The minimum atomic E-state index is -4.42. The summed E-state index contributed by atoms with van der Waals surface area (Å²) in [4.78, 5) is 4.08. The van der Waals surface area contributed by atoms with Gasteiger partial charge in [-0.2, -0.15) is 13.2 Å². The van der Waals surface area contributed by atoms with Gasteiger partial charge in [0, 0.05) is 17.2 Å². The lowest BCUT2D eigenvalue weighted by atomic mass is 10.2. The van der Waals surface area contributed by atoms with E-state index in [2.05, 4.69) is 31.5 Å². The molecule has 0 fully saturated rings. The van der Waals surface area contributed by atoms with E-state index < -0.39 is 11.7 Å². The zero-order chi connectivity index (χ0) is 15.6. The smallest absolute Gasteiger partial charge is 0.373 e. The Morgan fingerprint density at radius 1 is 1.10 bits per heavy atom. The number of aryl methyl sites for hydroxylation is 1. The monoisotopic (exact) mass is 359 g/mol. The predicted molar refractivity (Wildman–Crippen MR) is 80.9 cm³/mol. The fourth-order valence-corrected chi connectivity index (χ4v) is 2.08. The van der Waals surface area contributed by atoms with Gasteiger partial charge in [-0.05, 0) is 36.8 Å². The summed E-state index contributed by atoms with van der Waals surface area (Å²) in [6.07, 6.45) is -4.42. The number of aromatic nitrogens is 1. The maximum Gasteiger partial charge on any atom is 0.416 e. The number of rotatable bonds is 3. The van der Waals surface area contributed by atoms with Crippen LogP contribution in [0.4, 0.5) is 30.5 Å². The van der Waals surface area contributed by atoms with Crippen LogP contribution in [-0.2, 0) is 6.18 Å². The molecule has 0 saturated carbocycles. The van der Waals surface area contributed by atoms with Gasteiger partial charge in [0.2, 0.25) is 0 Å². The van der Waals surface area contributed by atoms with Crippen LogP contribution in [0, 0.1) is 6.92 Å². The first kappa shape index (κ1) is 15.6. The van der Waals surface area contributed by atoms with Crippen LogP contribution in [0.15, 0.2) is 34.8 Å². The molecule has 3 nitrogen and oxygen atoms in total. The molecule has 0 amide bonds. The lowest BCUT2D eigenvalue weighted by Crippen LogP contribution is -2.08. The molecule has 2 N–H and O–H groups in total. The minimum Gasteiger partial charge on any atom is -0.373 e. The lowest BCUT2D eigenvalue weighted by Gasteiger charge is -2.13. The Labute approximate surface area is 128 Å². The van der Waals surface area contributed by atoms with Crippen LogP contribution in [-0.4, -0.2) is 12.0 Å². The molecule has 0 aliphatic rings. The first-order valence-corrected chi connectivity index (χ1v) is 6.89. The molecule has 112 valence electrons. The zero-order valence-corrected chi connectivity index (χ0v) is 12.9. The summed E-state index contributed by atoms with van der Waals surface area (Å²) in [5, 5.41) is 5.50. The molecule has 0 bridgehead atoms. The second-order valence-corrected chi connectivity index (χ2v) is 5.32. The van der Waals surface area contributed by atoms with E-state index in [1.807, 2.05) is 13.0 Å². The summed E-state index contributed by atoms with van der Waals surface area (Å²) in [5.74, 6) is 0.281.